The van der Waals surface area contributed by atoms with Crippen LogP contribution in [0.2, 0.25) is 0 Å². The van der Waals surface area contributed by atoms with E-state index in [-0.39, 0.29) is 0 Å². The van der Waals surface area contributed by atoms with E-state index in [2.05, 4.69) is 38.5 Å². The van der Waals surface area contributed by atoms with Crippen LogP contribution in [0.5, 0.6) is 0 Å². The summed E-state index contributed by atoms with van der Waals surface area (Å²) in [6.07, 6.45) is 3.11. The van der Waals surface area contributed by atoms with Gasteiger partial charge in [-0.2, -0.15) is 0 Å². The quantitative estimate of drug-likeness (QED) is 0.622. The lowest BCUT2D eigenvalue weighted by Gasteiger charge is -2.28. The Balaban J connectivity index is 2.16. The Morgan fingerprint density at radius 1 is 1.39 bits per heavy atom. The highest BCUT2D eigenvalue weighted by molar-refractivity contribution is 7.98. The molecule has 1 fully saturated rings. The molecular formula is C12H21N5S. The zero-order chi connectivity index (χ0) is 12.8. The minimum absolute atomic E-state index is 0.838. The summed E-state index contributed by atoms with van der Waals surface area (Å²) in [5.74, 6) is 1.97. The van der Waals surface area contributed by atoms with E-state index in [1.807, 2.05) is 6.26 Å². The molecule has 0 aromatic carbocycles. The zero-order valence-corrected chi connectivity index (χ0v) is 11.9. The predicted octanol–water partition coefficient (Wildman–Crippen LogP) is 1.43. The SMILES string of the molecule is CCCNc1cc(N2CCNCC2)nc(SC)n1. The number of aromatic nitrogens is 2. The zero-order valence-electron chi connectivity index (χ0n) is 11.1. The van der Waals surface area contributed by atoms with Crippen LogP contribution in [0.15, 0.2) is 11.2 Å². The highest BCUT2D eigenvalue weighted by Crippen LogP contribution is 2.20. The number of hydrogen-bond acceptors (Lipinski definition) is 6. The van der Waals surface area contributed by atoms with E-state index in [1.165, 1.54) is 0 Å². The first-order valence-electron chi connectivity index (χ1n) is 6.46. The molecule has 0 saturated carbocycles. The van der Waals surface area contributed by atoms with Gasteiger partial charge in [-0.05, 0) is 12.7 Å². The van der Waals surface area contributed by atoms with Crippen molar-refractivity contribution in [2.45, 2.75) is 18.5 Å². The first kappa shape index (κ1) is 13.4. The third-order valence-electron chi connectivity index (χ3n) is 2.87. The average molecular weight is 267 g/mol. The Morgan fingerprint density at radius 2 is 2.17 bits per heavy atom. The second-order valence-corrected chi connectivity index (χ2v) is 5.04. The van der Waals surface area contributed by atoms with Crippen LogP contribution in [0.4, 0.5) is 11.6 Å². The number of nitrogens with one attached hydrogen (secondary N) is 2. The van der Waals surface area contributed by atoms with E-state index in [0.29, 0.717) is 0 Å². The summed E-state index contributed by atoms with van der Waals surface area (Å²) in [7, 11) is 0. The first-order valence-corrected chi connectivity index (χ1v) is 7.68. The van der Waals surface area contributed by atoms with Crippen molar-refractivity contribution in [3.05, 3.63) is 6.07 Å². The summed E-state index contributed by atoms with van der Waals surface area (Å²) in [5, 5.41) is 7.54. The summed E-state index contributed by atoms with van der Waals surface area (Å²) in [5.41, 5.74) is 0. The largest absolute Gasteiger partial charge is 0.370 e. The fraction of sp³-hybridized carbons (Fsp3) is 0.667. The van der Waals surface area contributed by atoms with Gasteiger partial charge in [0, 0.05) is 38.8 Å². The van der Waals surface area contributed by atoms with Gasteiger partial charge in [0.2, 0.25) is 0 Å². The molecule has 1 aromatic heterocycles. The molecule has 18 heavy (non-hydrogen) atoms. The molecule has 0 bridgehead atoms. The molecule has 2 N–H and O–H groups in total. The van der Waals surface area contributed by atoms with E-state index >= 15 is 0 Å². The van der Waals surface area contributed by atoms with Crippen LogP contribution in [0.3, 0.4) is 0 Å². The molecule has 100 valence electrons. The standard InChI is InChI=1S/C12H21N5S/c1-3-4-14-10-9-11(16-12(15-10)18-2)17-7-5-13-6-8-17/h9,13H,3-8H2,1-2H3,(H,14,15,16). The molecule has 0 unspecified atom stereocenters. The molecular weight excluding hydrogens is 246 g/mol. The van der Waals surface area contributed by atoms with Gasteiger partial charge >= 0.3 is 0 Å². The molecule has 1 saturated heterocycles. The molecule has 0 aliphatic carbocycles. The van der Waals surface area contributed by atoms with Gasteiger partial charge < -0.3 is 15.5 Å². The van der Waals surface area contributed by atoms with Gasteiger partial charge in [0.1, 0.15) is 11.6 Å². The number of piperazine rings is 1. The van der Waals surface area contributed by atoms with E-state index < -0.39 is 0 Å². The van der Waals surface area contributed by atoms with Crippen LogP contribution in [-0.2, 0) is 0 Å². The van der Waals surface area contributed by atoms with Crippen molar-refractivity contribution < 1.29 is 0 Å². The van der Waals surface area contributed by atoms with Gasteiger partial charge in [0.25, 0.3) is 0 Å². The maximum absolute atomic E-state index is 4.59. The second-order valence-electron chi connectivity index (χ2n) is 4.26. The molecule has 0 radical (unpaired) electrons. The lowest BCUT2D eigenvalue weighted by atomic mass is 10.3. The number of nitrogens with zero attached hydrogens (tertiary/aromatic N) is 3. The van der Waals surface area contributed by atoms with Gasteiger partial charge in [0.05, 0.1) is 0 Å². The maximum Gasteiger partial charge on any atom is 0.191 e. The fourth-order valence-corrected chi connectivity index (χ4v) is 2.28. The molecule has 1 aromatic rings. The van der Waals surface area contributed by atoms with E-state index in [9.17, 15) is 0 Å². The average Bonchev–Trinajstić information content (AvgIpc) is 2.45. The van der Waals surface area contributed by atoms with E-state index in [4.69, 9.17) is 0 Å². The van der Waals surface area contributed by atoms with Crippen molar-refractivity contribution in [2.75, 3.05) is 49.2 Å². The molecule has 5 nitrogen and oxygen atoms in total. The monoisotopic (exact) mass is 267 g/mol. The number of thioether (sulfide) groups is 1. The maximum atomic E-state index is 4.59. The van der Waals surface area contributed by atoms with Crippen LogP contribution in [0.25, 0.3) is 0 Å². The van der Waals surface area contributed by atoms with Gasteiger partial charge in [-0.3, -0.25) is 0 Å². The second kappa shape index (κ2) is 6.80. The van der Waals surface area contributed by atoms with Crippen LogP contribution >= 0.6 is 11.8 Å². The minimum atomic E-state index is 0.838. The molecule has 6 heteroatoms. The van der Waals surface area contributed by atoms with E-state index in [1.54, 1.807) is 11.8 Å². The lowest BCUT2D eigenvalue weighted by molar-refractivity contribution is 0.583. The van der Waals surface area contributed by atoms with Gasteiger partial charge in [-0.15, -0.1) is 0 Å². The molecule has 1 aliphatic heterocycles. The van der Waals surface area contributed by atoms with Crippen LogP contribution in [0, 0.1) is 0 Å². The summed E-state index contributed by atoms with van der Waals surface area (Å²) >= 11 is 1.59. The Kier molecular flexibility index (Phi) is 5.07. The van der Waals surface area contributed by atoms with Crippen LogP contribution in [0.1, 0.15) is 13.3 Å². The topological polar surface area (TPSA) is 53.1 Å². The van der Waals surface area contributed by atoms with Crippen molar-refractivity contribution in [1.29, 1.82) is 0 Å². The molecule has 1 aliphatic rings. The number of rotatable bonds is 5. The van der Waals surface area contributed by atoms with Crippen molar-refractivity contribution in [2.24, 2.45) is 0 Å². The predicted molar refractivity (Wildman–Crippen MR) is 77.7 cm³/mol. The van der Waals surface area contributed by atoms with Crippen molar-refractivity contribution in [3.63, 3.8) is 0 Å². The van der Waals surface area contributed by atoms with E-state index in [0.717, 1.165) is 55.9 Å². The van der Waals surface area contributed by atoms with Crippen molar-refractivity contribution >= 4 is 23.4 Å². The molecule has 0 amide bonds. The van der Waals surface area contributed by atoms with Crippen molar-refractivity contribution in [3.8, 4) is 0 Å². The summed E-state index contributed by atoms with van der Waals surface area (Å²) in [4.78, 5) is 11.4. The Bertz CT molecular complexity index is 379. The van der Waals surface area contributed by atoms with Crippen molar-refractivity contribution in [1.82, 2.24) is 15.3 Å². The third kappa shape index (κ3) is 3.49. The molecule has 2 rings (SSSR count). The van der Waals surface area contributed by atoms with Crippen LogP contribution < -0.4 is 15.5 Å². The summed E-state index contributed by atoms with van der Waals surface area (Å²) in [6.45, 7) is 7.18. The third-order valence-corrected chi connectivity index (χ3v) is 3.42. The normalized spacial score (nSPS) is 15.8. The van der Waals surface area contributed by atoms with Gasteiger partial charge in [-0.1, -0.05) is 18.7 Å². The molecule has 2 heterocycles. The Hall–Kier alpha value is -1.01. The van der Waals surface area contributed by atoms with Gasteiger partial charge in [-0.25, -0.2) is 9.97 Å². The number of hydrogen-bond donors (Lipinski definition) is 2. The lowest BCUT2D eigenvalue weighted by Crippen LogP contribution is -2.44. The Labute approximate surface area is 113 Å². The molecule has 0 atom stereocenters. The molecule has 0 spiro atoms. The van der Waals surface area contributed by atoms with Crippen LogP contribution in [-0.4, -0.2) is 48.9 Å². The first-order chi connectivity index (χ1) is 8.83. The van der Waals surface area contributed by atoms with Gasteiger partial charge in [0.15, 0.2) is 5.16 Å². The highest BCUT2D eigenvalue weighted by atomic mass is 32.2. The highest BCUT2D eigenvalue weighted by Gasteiger charge is 2.13. The Morgan fingerprint density at radius 3 is 2.83 bits per heavy atom. The summed E-state index contributed by atoms with van der Waals surface area (Å²) in [6, 6.07) is 2.06. The smallest absolute Gasteiger partial charge is 0.191 e. The summed E-state index contributed by atoms with van der Waals surface area (Å²) < 4.78 is 0. The number of anilines is 2. The minimum Gasteiger partial charge on any atom is -0.370 e. The fourth-order valence-electron chi connectivity index (χ4n) is 1.90.